The number of ether oxygens (including phenoxy) is 1. The Morgan fingerprint density at radius 2 is 2.38 bits per heavy atom. The van der Waals surface area contributed by atoms with Crippen molar-refractivity contribution in [1.82, 2.24) is 0 Å². The molecule has 1 unspecified atom stereocenters. The van der Waals surface area contributed by atoms with Gasteiger partial charge in [0.15, 0.2) is 0 Å². The highest BCUT2D eigenvalue weighted by molar-refractivity contribution is 6.31. The fourth-order valence-electron chi connectivity index (χ4n) is 2.00. The zero-order valence-electron chi connectivity index (χ0n) is 9.45. The van der Waals surface area contributed by atoms with Crippen LogP contribution in [-0.2, 0) is 4.74 Å². The number of hydrogen-bond donors (Lipinski definition) is 1. The van der Waals surface area contributed by atoms with Crippen molar-refractivity contribution in [3.63, 3.8) is 0 Å². The Bertz CT molecular complexity index is 370. The number of nitrogens with zero attached hydrogens (tertiary/aromatic N) is 1. The van der Waals surface area contributed by atoms with E-state index < -0.39 is 0 Å². The second kappa shape index (κ2) is 4.93. The lowest BCUT2D eigenvalue weighted by Gasteiger charge is -2.34. The van der Waals surface area contributed by atoms with Crippen molar-refractivity contribution in [2.24, 2.45) is 0 Å². The molecule has 1 fully saturated rings. The zero-order valence-corrected chi connectivity index (χ0v) is 10.2. The molecule has 0 bridgehead atoms. The third kappa shape index (κ3) is 2.42. The van der Waals surface area contributed by atoms with Crippen LogP contribution in [0.1, 0.15) is 13.3 Å². The average molecular weight is 241 g/mol. The van der Waals surface area contributed by atoms with E-state index in [4.69, 9.17) is 22.1 Å². The molecular weight excluding hydrogens is 224 g/mol. The maximum atomic E-state index is 5.97. The molecule has 1 aromatic rings. The molecule has 0 aliphatic carbocycles. The molecule has 0 aromatic heterocycles. The number of anilines is 2. The minimum Gasteiger partial charge on any atom is -0.397 e. The van der Waals surface area contributed by atoms with E-state index in [1.807, 2.05) is 12.1 Å². The minimum atomic E-state index is 0.309. The second-order valence-electron chi connectivity index (χ2n) is 4.05. The Morgan fingerprint density at radius 3 is 3.06 bits per heavy atom. The van der Waals surface area contributed by atoms with Gasteiger partial charge < -0.3 is 15.4 Å². The van der Waals surface area contributed by atoms with Crippen molar-refractivity contribution < 1.29 is 4.74 Å². The van der Waals surface area contributed by atoms with Crippen LogP contribution in [-0.4, -0.2) is 25.8 Å². The van der Waals surface area contributed by atoms with Gasteiger partial charge in [0, 0.05) is 18.1 Å². The van der Waals surface area contributed by atoms with Gasteiger partial charge in [-0.25, -0.2) is 0 Å². The average Bonchev–Trinajstić information content (AvgIpc) is 2.29. The summed E-state index contributed by atoms with van der Waals surface area (Å²) in [4.78, 5) is 2.27. The number of rotatable bonds is 2. The molecule has 88 valence electrons. The monoisotopic (exact) mass is 240 g/mol. The van der Waals surface area contributed by atoms with Crippen molar-refractivity contribution in [2.45, 2.75) is 19.4 Å². The van der Waals surface area contributed by atoms with Gasteiger partial charge in [-0.1, -0.05) is 18.5 Å². The van der Waals surface area contributed by atoms with Crippen LogP contribution in [0.2, 0.25) is 5.02 Å². The quantitative estimate of drug-likeness (QED) is 0.808. The summed E-state index contributed by atoms with van der Waals surface area (Å²) in [7, 11) is 0. The van der Waals surface area contributed by atoms with Crippen molar-refractivity contribution in [3.05, 3.63) is 23.2 Å². The van der Waals surface area contributed by atoms with Gasteiger partial charge in [0.1, 0.15) is 0 Å². The maximum Gasteiger partial charge on any atom is 0.0748 e. The first-order valence-corrected chi connectivity index (χ1v) is 6.00. The number of hydrogen-bond acceptors (Lipinski definition) is 3. The van der Waals surface area contributed by atoms with Gasteiger partial charge in [-0.05, 0) is 24.6 Å². The van der Waals surface area contributed by atoms with Crippen LogP contribution in [0.5, 0.6) is 0 Å². The molecule has 2 rings (SSSR count). The molecule has 4 heteroatoms. The summed E-state index contributed by atoms with van der Waals surface area (Å²) in [5.41, 5.74) is 7.77. The second-order valence-corrected chi connectivity index (χ2v) is 4.49. The van der Waals surface area contributed by atoms with Crippen LogP contribution in [0.4, 0.5) is 11.4 Å². The lowest BCUT2D eigenvalue weighted by atomic mass is 10.2. The smallest absolute Gasteiger partial charge is 0.0748 e. The van der Waals surface area contributed by atoms with E-state index in [1.54, 1.807) is 6.07 Å². The van der Waals surface area contributed by atoms with Crippen LogP contribution < -0.4 is 10.6 Å². The number of halogens is 1. The standard InChI is InChI=1S/C12H17ClN2O/c1-2-10-8-15(5-6-16-10)12-4-3-9(13)7-11(12)14/h3-4,7,10H,2,5-6,8,14H2,1H3. The SMILES string of the molecule is CCC1CN(c2ccc(Cl)cc2N)CCO1. The van der Waals surface area contributed by atoms with Gasteiger partial charge in [-0.3, -0.25) is 0 Å². The van der Waals surface area contributed by atoms with Gasteiger partial charge in [0.2, 0.25) is 0 Å². The maximum absolute atomic E-state index is 5.97. The molecule has 1 aliphatic rings. The highest BCUT2D eigenvalue weighted by Crippen LogP contribution is 2.28. The topological polar surface area (TPSA) is 38.5 Å². The van der Waals surface area contributed by atoms with E-state index in [-0.39, 0.29) is 0 Å². The van der Waals surface area contributed by atoms with E-state index in [2.05, 4.69) is 11.8 Å². The molecule has 16 heavy (non-hydrogen) atoms. The van der Waals surface area contributed by atoms with Crippen LogP contribution in [0.15, 0.2) is 18.2 Å². The van der Waals surface area contributed by atoms with Crippen molar-refractivity contribution in [1.29, 1.82) is 0 Å². The Kier molecular flexibility index (Phi) is 3.56. The summed E-state index contributed by atoms with van der Waals surface area (Å²) in [6.07, 6.45) is 1.34. The fourth-order valence-corrected chi connectivity index (χ4v) is 2.18. The Hall–Kier alpha value is -0.930. The number of nitrogen functional groups attached to an aromatic ring is 1. The lowest BCUT2D eigenvalue weighted by molar-refractivity contribution is 0.0385. The van der Waals surface area contributed by atoms with Crippen molar-refractivity contribution in [2.75, 3.05) is 30.3 Å². The zero-order chi connectivity index (χ0) is 11.5. The fraction of sp³-hybridized carbons (Fsp3) is 0.500. The highest BCUT2D eigenvalue weighted by Gasteiger charge is 2.20. The predicted octanol–water partition coefficient (Wildman–Crippen LogP) is 2.54. The molecule has 0 amide bonds. The first-order valence-electron chi connectivity index (χ1n) is 5.62. The molecule has 1 aromatic carbocycles. The summed E-state index contributed by atoms with van der Waals surface area (Å²) in [5, 5.41) is 0.682. The van der Waals surface area contributed by atoms with Crippen molar-refractivity contribution >= 4 is 23.0 Å². The van der Waals surface area contributed by atoms with E-state index in [0.29, 0.717) is 11.1 Å². The lowest BCUT2D eigenvalue weighted by Crippen LogP contribution is -2.42. The van der Waals surface area contributed by atoms with E-state index in [1.165, 1.54) is 0 Å². The van der Waals surface area contributed by atoms with Gasteiger partial charge in [-0.15, -0.1) is 0 Å². The number of nitrogens with two attached hydrogens (primary N) is 1. The molecule has 1 atom stereocenters. The van der Waals surface area contributed by atoms with Crippen LogP contribution in [0, 0.1) is 0 Å². The summed E-state index contributed by atoms with van der Waals surface area (Å²) in [5.74, 6) is 0. The van der Waals surface area contributed by atoms with Crippen LogP contribution >= 0.6 is 11.6 Å². The van der Waals surface area contributed by atoms with Gasteiger partial charge in [-0.2, -0.15) is 0 Å². The molecule has 0 saturated carbocycles. The molecule has 1 aliphatic heterocycles. The predicted molar refractivity (Wildman–Crippen MR) is 68.1 cm³/mol. The summed E-state index contributed by atoms with van der Waals surface area (Å²) < 4.78 is 5.63. The Morgan fingerprint density at radius 1 is 1.56 bits per heavy atom. The van der Waals surface area contributed by atoms with E-state index >= 15 is 0 Å². The molecule has 0 radical (unpaired) electrons. The molecule has 0 spiro atoms. The third-order valence-electron chi connectivity index (χ3n) is 2.92. The van der Waals surface area contributed by atoms with E-state index in [0.717, 1.165) is 37.5 Å². The molecule has 1 saturated heterocycles. The van der Waals surface area contributed by atoms with Gasteiger partial charge in [0.25, 0.3) is 0 Å². The number of benzene rings is 1. The highest BCUT2D eigenvalue weighted by atomic mass is 35.5. The molecule has 3 nitrogen and oxygen atoms in total. The van der Waals surface area contributed by atoms with Gasteiger partial charge >= 0.3 is 0 Å². The minimum absolute atomic E-state index is 0.309. The molecule has 1 heterocycles. The largest absolute Gasteiger partial charge is 0.397 e. The van der Waals surface area contributed by atoms with Crippen LogP contribution in [0.3, 0.4) is 0 Å². The first-order chi connectivity index (χ1) is 7.70. The molecular formula is C12H17ClN2O. The third-order valence-corrected chi connectivity index (χ3v) is 3.16. The van der Waals surface area contributed by atoms with E-state index in [9.17, 15) is 0 Å². The Balaban J connectivity index is 2.16. The normalized spacial score (nSPS) is 21.1. The summed E-state index contributed by atoms with van der Waals surface area (Å²) in [6.45, 7) is 4.70. The Labute approximate surface area is 101 Å². The van der Waals surface area contributed by atoms with Gasteiger partial charge in [0.05, 0.1) is 24.1 Å². The molecule has 2 N–H and O–H groups in total. The number of morpholine rings is 1. The van der Waals surface area contributed by atoms with Crippen molar-refractivity contribution in [3.8, 4) is 0 Å². The summed E-state index contributed by atoms with van der Waals surface area (Å²) >= 11 is 5.89. The summed E-state index contributed by atoms with van der Waals surface area (Å²) in [6, 6.07) is 5.66. The van der Waals surface area contributed by atoms with Crippen LogP contribution in [0.25, 0.3) is 0 Å². The first kappa shape index (κ1) is 11.6.